The van der Waals surface area contributed by atoms with Crippen LogP contribution in [-0.4, -0.2) is 50.2 Å². The Morgan fingerprint density at radius 1 is 1.03 bits per heavy atom. The first-order valence-electron chi connectivity index (χ1n) is 11.9. The molecule has 0 aromatic carbocycles. The van der Waals surface area contributed by atoms with Gasteiger partial charge in [0.1, 0.15) is 12.1 Å². The maximum absolute atomic E-state index is 13.5. The number of anilines is 1. The molecule has 1 spiro atoms. The van der Waals surface area contributed by atoms with E-state index in [4.69, 9.17) is 0 Å². The van der Waals surface area contributed by atoms with E-state index in [1.54, 1.807) is 6.33 Å². The lowest BCUT2D eigenvalue weighted by Crippen LogP contribution is -2.68. The molecule has 9 rings (SSSR count). The van der Waals surface area contributed by atoms with Crippen LogP contribution in [0.1, 0.15) is 51.4 Å². The SMILES string of the molecule is O=C(Nc1ncnc2c1cnn2CCN1CCCCCC1)C12C3CC4CC1CC42C3. The molecule has 3 heterocycles. The van der Waals surface area contributed by atoms with Gasteiger partial charge in [-0.05, 0) is 74.8 Å². The third kappa shape index (κ3) is 2.00. The minimum Gasteiger partial charge on any atom is -0.309 e. The second-order valence-corrected chi connectivity index (χ2v) is 10.5. The molecule has 30 heavy (non-hydrogen) atoms. The van der Waals surface area contributed by atoms with Crippen LogP contribution in [-0.2, 0) is 11.3 Å². The van der Waals surface area contributed by atoms with Crippen LogP contribution in [0, 0.1) is 28.6 Å². The molecule has 158 valence electrons. The molecule has 0 radical (unpaired) electrons. The van der Waals surface area contributed by atoms with Crippen LogP contribution >= 0.6 is 0 Å². The summed E-state index contributed by atoms with van der Waals surface area (Å²) in [5.41, 5.74) is 1.10. The number of carbonyl (C=O) groups excluding carboxylic acids is 1. The highest BCUT2D eigenvalue weighted by Gasteiger charge is 2.89. The zero-order chi connectivity index (χ0) is 19.9. The number of hydrogen-bond donors (Lipinski definition) is 1. The second-order valence-electron chi connectivity index (χ2n) is 10.5. The minimum absolute atomic E-state index is 0.0717. The molecule has 6 aliphatic carbocycles. The van der Waals surface area contributed by atoms with Gasteiger partial charge in [-0.2, -0.15) is 5.10 Å². The molecule has 1 N–H and O–H groups in total. The molecule has 5 bridgehead atoms. The average Bonchev–Trinajstić information content (AvgIpc) is 3.43. The van der Waals surface area contributed by atoms with Crippen LogP contribution in [0.3, 0.4) is 0 Å². The molecule has 7 heteroatoms. The lowest BCUT2D eigenvalue weighted by molar-refractivity contribution is -0.201. The number of aromatic nitrogens is 4. The van der Waals surface area contributed by atoms with Gasteiger partial charge >= 0.3 is 0 Å². The molecule has 7 aliphatic rings. The van der Waals surface area contributed by atoms with Gasteiger partial charge in [0.25, 0.3) is 0 Å². The Hall–Kier alpha value is -2.02. The topological polar surface area (TPSA) is 75.9 Å². The predicted molar refractivity (Wildman–Crippen MR) is 113 cm³/mol. The number of carbonyl (C=O) groups is 1. The van der Waals surface area contributed by atoms with Gasteiger partial charge in [0.15, 0.2) is 5.65 Å². The maximum atomic E-state index is 13.5. The van der Waals surface area contributed by atoms with Crippen LogP contribution in [0.4, 0.5) is 5.82 Å². The van der Waals surface area contributed by atoms with Crippen molar-refractivity contribution >= 4 is 22.8 Å². The average molecular weight is 407 g/mol. The highest BCUT2D eigenvalue weighted by Crippen LogP contribution is 2.91. The molecule has 6 saturated carbocycles. The summed E-state index contributed by atoms with van der Waals surface area (Å²) in [6.07, 6.45) is 13.8. The molecule has 2 aromatic heterocycles. The monoisotopic (exact) mass is 406 g/mol. The molecular formula is C23H30N6O. The van der Waals surface area contributed by atoms with E-state index in [1.165, 1.54) is 64.5 Å². The number of likely N-dealkylation sites (tertiary alicyclic amines) is 1. The third-order valence-corrected chi connectivity index (χ3v) is 9.62. The Morgan fingerprint density at radius 2 is 1.80 bits per heavy atom. The summed E-state index contributed by atoms with van der Waals surface area (Å²) in [4.78, 5) is 25.0. The summed E-state index contributed by atoms with van der Waals surface area (Å²) >= 11 is 0. The summed E-state index contributed by atoms with van der Waals surface area (Å²) in [5, 5.41) is 8.70. The van der Waals surface area contributed by atoms with Crippen molar-refractivity contribution in [1.82, 2.24) is 24.6 Å². The smallest absolute Gasteiger partial charge is 0.232 e. The third-order valence-electron chi connectivity index (χ3n) is 9.62. The van der Waals surface area contributed by atoms with Gasteiger partial charge in [0.2, 0.25) is 5.91 Å². The van der Waals surface area contributed by atoms with Gasteiger partial charge in [-0.15, -0.1) is 0 Å². The van der Waals surface area contributed by atoms with Crippen molar-refractivity contribution in [3.8, 4) is 0 Å². The fraction of sp³-hybridized carbons (Fsp3) is 0.739. The van der Waals surface area contributed by atoms with Crippen molar-refractivity contribution in [2.75, 3.05) is 25.0 Å². The Morgan fingerprint density at radius 3 is 2.53 bits per heavy atom. The number of nitrogens with one attached hydrogen (secondary N) is 1. The highest BCUT2D eigenvalue weighted by atomic mass is 16.2. The number of amides is 1. The standard InChI is InChI=1S/C23H30N6O/c30-21(23-16-9-15-10-17(23)12-22(15,23)11-16)27-19-18-13-26-29(20(18)25-14-24-19)8-7-28-5-3-1-2-4-6-28/h13-17H,1-12H2,(H,24,25,27,30). The van der Waals surface area contributed by atoms with E-state index in [0.717, 1.165) is 30.0 Å². The van der Waals surface area contributed by atoms with Crippen LogP contribution in [0.2, 0.25) is 0 Å². The van der Waals surface area contributed by atoms with Gasteiger partial charge < -0.3 is 10.2 Å². The van der Waals surface area contributed by atoms with Gasteiger partial charge in [-0.25, -0.2) is 14.6 Å². The van der Waals surface area contributed by atoms with Gasteiger partial charge in [0, 0.05) is 6.54 Å². The van der Waals surface area contributed by atoms with Crippen LogP contribution in [0.5, 0.6) is 0 Å². The lowest BCUT2D eigenvalue weighted by Gasteiger charge is -2.66. The van der Waals surface area contributed by atoms with Crippen LogP contribution < -0.4 is 5.32 Å². The molecule has 1 saturated heterocycles. The van der Waals surface area contributed by atoms with E-state index in [0.29, 0.717) is 23.1 Å². The quantitative estimate of drug-likeness (QED) is 0.826. The summed E-state index contributed by atoms with van der Waals surface area (Å²) in [7, 11) is 0. The van der Waals surface area contributed by atoms with E-state index in [-0.39, 0.29) is 11.3 Å². The summed E-state index contributed by atoms with van der Waals surface area (Å²) in [6.45, 7) is 4.19. The van der Waals surface area contributed by atoms with E-state index < -0.39 is 0 Å². The van der Waals surface area contributed by atoms with Gasteiger partial charge in [-0.3, -0.25) is 4.79 Å². The first-order chi connectivity index (χ1) is 14.7. The van der Waals surface area contributed by atoms with E-state index >= 15 is 0 Å². The normalized spacial score (nSPS) is 38.9. The Bertz CT molecular complexity index is 1000. The molecule has 1 aliphatic heterocycles. The van der Waals surface area contributed by atoms with Crippen LogP contribution in [0.25, 0.3) is 11.0 Å². The molecule has 2 atom stereocenters. The van der Waals surface area contributed by atoms with E-state index in [9.17, 15) is 4.79 Å². The number of nitrogens with zero attached hydrogens (tertiary/aromatic N) is 5. The summed E-state index contributed by atoms with van der Waals surface area (Å²) in [6, 6.07) is 0. The summed E-state index contributed by atoms with van der Waals surface area (Å²) in [5.74, 6) is 2.91. The molecule has 7 nitrogen and oxygen atoms in total. The van der Waals surface area contributed by atoms with Crippen molar-refractivity contribution in [2.24, 2.45) is 28.6 Å². The minimum atomic E-state index is -0.0717. The lowest BCUT2D eigenvalue weighted by atomic mass is 9.36. The van der Waals surface area contributed by atoms with E-state index in [1.807, 2.05) is 10.9 Å². The van der Waals surface area contributed by atoms with Crippen molar-refractivity contribution in [3.63, 3.8) is 0 Å². The Kier molecular flexibility index (Phi) is 3.54. The van der Waals surface area contributed by atoms with Crippen molar-refractivity contribution in [1.29, 1.82) is 0 Å². The first-order valence-corrected chi connectivity index (χ1v) is 11.9. The highest BCUT2D eigenvalue weighted by molar-refractivity contribution is 6.03. The van der Waals surface area contributed by atoms with Gasteiger partial charge in [-0.1, -0.05) is 12.8 Å². The fourth-order valence-corrected chi connectivity index (χ4v) is 8.51. The maximum Gasteiger partial charge on any atom is 0.232 e. The largest absolute Gasteiger partial charge is 0.309 e. The van der Waals surface area contributed by atoms with E-state index in [2.05, 4.69) is 25.3 Å². The zero-order valence-electron chi connectivity index (χ0n) is 17.5. The summed E-state index contributed by atoms with van der Waals surface area (Å²) < 4.78 is 1.98. The zero-order valence-corrected chi connectivity index (χ0v) is 17.5. The van der Waals surface area contributed by atoms with Crippen molar-refractivity contribution in [3.05, 3.63) is 12.5 Å². The van der Waals surface area contributed by atoms with Gasteiger partial charge in [0.05, 0.1) is 23.5 Å². The molecule has 2 aromatic rings. The Balaban J connectivity index is 1.11. The predicted octanol–water partition coefficient (Wildman–Crippen LogP) is 3.08. The molecule has 2 unspecified atom stereocenters. The second kappa shape index (κ2) is 6.02. The first kappa shape index (κ1) is 17.6. The molecular weight excluding hydrogens is 376 g/mol. The number of fused-ring (bicyclic) bond motifs is 1. The molecule has 1 amide bonds. The number of rotatable bonds is 5. The van der Waals surface area contributed by atoms with Crippen molar-refractivity contribution in [2.45, 2.75) is 57.9 Å². The number of hydrogen-bond acceptors (Lipinski definition) is 5. The van der Waals surface area contributed by atoms with Crippen molar-refractivity contribution < 1.29 is 4.79 Å². The fourth-order valence-electron chi connectivity index (χ4n) is 8.51. The molecule has 7 fully saturated rings. The Labute approximate surface area is 176 Å². The van der Waals surface area contributed by atoms with Crippen LogP contribution in [0.15, 0.2) is 12.5 Å².